The summed E-state index contributed by atoms with van der Waals surface area (Å²) in [6.45, 7) is -1.21. The summed E-state index contributed by atoms with van der Waals surface area (Å²) in [4.78, 5) is 38.1. The maximum absolute atomic E-state index is 13.1. The molecule has 0 aliphatic heterocycles. The monoisotopic (exact) mass is 1470 g/mol. The van der Waals surface area contributed by atoms with Crippen molar-refractivity contribution in [1.29, 1.82) is 0 Å². The Hall–Kier alpha value is -6.81. The second kappa shape index (κ2) is 34.8. The lowest BCUT2D eigenvalue weighted by Gasteiger charge is -2.09. The minimum absolute atomic E-state index is 0.00709. The zero-order valence-corrected chi connectivity index (χ0v) is 56.2. The van der Waals surface area contributed by atoms with Crippen molar-refractivity contribution in [2.75, 3.05) is 132 Å². The Morgan fingerprint density at radius 1 is 0.278 bits per heavy atom. The van der Waals surface area contributed by atoms with Crippen molar-refractivity contribution in [2.45, 2.75) is 29.4 Å². The van der Waals surface area contributed by atoms with Crippen molar-refractivity contribution >= 4 is 93.6 Å². The van der Waals surface area contributed by atoms with Gasteiger partial charge in [-0.15, -0.1) is 0 Å². The topological polar surface area (TPSA) is 500 Å². The first kappa shape index (κ1) is 77.5. The van der Waals surface area contributed by atoms with Crippen LogP contribution in [0.3, 0.4) is 0 Å². The van der Waals surface area contributed by atoms with E-state index in [1.807, 2.05) is 0 Å². The van der Waals surface area contributed by atoms with Crippen LogP contribution in [0.5, 0.6) is 0 Å². The van der Waals surface area contributed by atoms with E-state index in [0.29, 0.717) is 22.3 Å². The number of fused-ring (bicyclic) bond motifs is 8. The second-order valence-corrected chi connectivity index (χ2v) is 31.0. The SMILES string of the molecule is O=C1c2cc(S(=O)(=O)NCCO)ccc2-c2ccc(S(=O)(=O)NCCO)cc21.O=C1c2cc(S(=O)(=O)NCCOCCO)ccc2-c2ccc(S(=O)(=O)NCCOCCO)cc21.O=c1c2cc(S(=O)(=O)NCCOCCO)ccc2oc2ccc(S(=O)(=O)NCCOCCO)cc12. The first-order valence-corrected chi connectivity index (χ1v) is 38.1. The number of sulfonamides is 6. The zero-order valence-electron chi connectivity index (χ0n) is 51.3. The molecule has 0 atom stereocenters. The van der Waals surface area contributed by atoms with Gasteiger partial charge in [-0.2, -0.15) is 0 Å². The predicted octanol–water partition coefficient (Wildman–Crippen LogP) is -1.57. The number of hydrogen-bond acceptors (Lipinski definition) is 26. The summed E-state index contributed by atoms with van der Waals surface area (Å²) in [5.41, 5.74) is 2.36. The smallest absolute Gasteiger partial charge is 0.240 e. The molecule has 528 valence electrons. The number of aliphatic hydroxyl groups is 6. The predicted molar refractivity (Wildman–Crippen MR) is 348 cm³/mol. The number of ketones is 2. The van der Waals surface area contributed by atoms with Crippen LogP contribution in [0.1, 0.15) is 31.8 Å². The number of benzene rings is 6. The average molecular weight is 1470 g/mol. The average Bonchev–Trinajstić information content (AvgIpc) is 1.71. The first-order chi connectivity index (χ1) is 46.1. The maximum Gasteiger partial charge on any atom is 0.240 e. The van der Waals surface area contributed by atoms with E-state index in [1.54, 1.807) is 0 Å². The van der Waals surface area contributed by atoms with Gasteiger partial charge in [0.1, 0.15) is 11.2 Å². The van der Waals surface area contributed by atoms with Crippen LogP contribution in [0.2, 0.25) is 0 Å². The molecule has 0 spiro atoms. The summed E-state index contributed by atoms with van der Waals surface area (Å²) in [5.74, 6) is -0.958. The van der Waals surface area contributed by atoms with Crippen LogP contribution in [0, 0.1) is 0 Å². The normalized spacial score (nSPS) is 13.0. The van der Waals surface area contributed by atoms with E-state index < -0.39 is 77.1 Å². The van der Waals surface area contributed by atoms with E-state index in [9.17, 15) is 64.9 Å². The van der Waals surface area contributed by atoms with Crippen molar-refractivity contribution in [3.05, 3.63) is 142 Å². The summed E-state index contributed by atoms with van der Waals surface area (Å²) >= 11 is 0. The fourth-order valence-corrected chi connectivity index (χ4v) is 15.7. The zero-order chi connectivity index (χ0) is 70.8. The van der Waals surface area contributed by atoms with E-state index >= 15 is 0 Å². The van der Waals surface area contributed by atoms with Crippen molar-refractivity contribution in [1.82, 2.24) is 28.3 Å². The van der Waals surface area contributed by atoms with Gasteiger partial charge >= 0.3 is 0 Å². The first-order valence-electron chi connectivity index (χ1n) is 29.2. The van der Waals surface area contributed by atoms with Gasteiger partial charge in [-0.25, -0.2) is 78.8 Å². The van der Waals surface area contributed by atoms with Gasteiger partial charge in [-0.3, -0.25) is 14.4 Å². The van der Waals surface area contributed by atoms with Gasteiger partial charge in [0.15, 0.2) is 11.6 Å². The van der Waals surface area contributed by atoms with Crippen molar-refractivity contribution in [3.8, 4) is 22.3 Å². The highest BCUT2D eigenvalue weighted by molar-refractivity contribution is 7.91. The molecule has 2 aliphatic carbocycles. The molecule has 0 amide bonds. The molecule has 38 heteroatoms. The Morgan fingerprint density at radius 3 is 0.742 bits per heavy atom. The summed E-state index contributed by atoms with van der Waals surface area (Å²) in [7, 11) is -23.5. The molecular weight excluding hydrogens is 1400 g/mol. The molecule has 0 saturated carbocycles. The van der Waals surface area contributed by atoms with E-state index in [4.69, 9.17) is 54.0 Å². The van der Waals surface area contributed by atoms with Gasteiger partial charge in [0.2, 0.25) is 65.6 Å². The third-order valence-corrected chi connectivity index (χ3v) is 22.7. The number of aliphatic hydroxyl groups excluding tert-OH is 6. The fraction of sp³-hybridized carbons (Fsp3) is 0.339. The summed E-state index contributed by atoms with van der Waals surface area (Å²) in [5, 5.41) is 52.2. The second-order valence-electron chi connectivity index (χ2n) is 20.4. The number of ether oxygens (including phenoxy) is 4. The highest BCUT2D eigenvalue weighted by Crippen LogP contribution is 2.40. The highest BCUT2D eigenvalue weighted by atomic mass is 32.2. The molecular formula is C59H70N6O26S6. The van der Waals surface area contributed by atoms with Crippen LogP contribution < -0.4 is 33.8 Å². The number of carbonyl (C=O) groups excluding carboxylic acids is 2. The Morgan fingerprint density at radius 2 is 0.505 bits per heavy atom. The molecule has 9 rings (SSSR count). The molecule has 6 aromatic carbocycles. The molecule has 0 saturated heterocycles. The van der Waals surface area contributed by atoms with Crippen LogP contribution in [0.25, 0.3) is 44.2 Å². The molecule has 0 radical (unpaired) electrons. The molecule has 1 aromatic heterocycles. The quantitative estimate of drug-likeness (QED) is 0.0156. The van der Waals surface area contributed by atoms with Gasteiger partial charge in [0.05, 0.1) is 133 Å². The van der Waals surface area contributed by atoms with Gasteiger partial charge in [-0.1, -0.05) is 24.3 Å². The Balaban J connectivity index is 0.000000206. The van der Waals surface area contributed by atoms with E-state index in [0.717, 1.165) is 12.1 Å². The lowest BCUT2D eigenvalue weighted by molar-refractivity contribution is 0.0961. The van der Waals surface area contributed by atoms with Gasteiger partial charge in [0, 0.05) is 61.5 Å². The van der Waals surface area contributed by atoms with Crippen LogP contribution in [0.15, 0.2) is 148 Å². The Kier molecular flexibility index (Phi) is 27.8. The fourth-order valence-electron chi connectivity index (χ4n) is 9.41. The molecule has 12 N–H and O–H groups in total. The molecule has 97 heavy (non-hydrogen) atoms. The lowest BCUT2D eigenvalue weighted by Crippen LogP contribution is -2.28. The van der Waals surface area contributed by atoms with Crippen molar-refractivity contribution < 1.29 is 114 Å². The molecule has 0 fully saturated rings. The Labute approximate surface area is 557 Å². The molecule has 32 nitrogen and oxygen atoms in total. The largest absolute Gasteiger partial charge is 0.456 e. The van der Waals surface area contributed by atoms with Crippen LogP contribution in [-0.2, 0) is 79.1 Å². The van der Waals surface area contributed by atoms with Gasteiger partial charge in [0.25, 0.3) is 0 Å². The number of carbonyl (C=O) groups is 2. The third kappa shape index (κ3) is 19.8. The van der Waals surface area contributed by atoms with Gasteiger partial charge in [-0.05, 0) is 107 Å². The van der Waals surface area contributed by atoms with Crippen LogP contribution in [-0.4, -0.2) is 224 Å². The molecule has 2 aliphatic rings. The minimum Gasteiger partial charge on any atom is -0.456 e. The molecule has 0 bridgehead atoms. The molecule has 7 aromatic rings. The van der Waals surface area contributed by atoms with Crippen LogP contribution >= 0.6 is 0 Å². The minimum atomic E-state index is -3.96. The van der Waals surface area contributed by atoms with E-state index in [-0.39, 0.29) is 205 Å². The summed E-state index contributed by atoms with van der Waals surface area (Å²) in [6.07, 6.45) is 0. The van der Waals surface area contributed by atoms with E-state index in [1.165, 1.54) is 97.1 Å². The van der Waals surface area contributed by atoms with Gasteiger partial charge < -0.3 is 54.0 Å². The summed E-state index contributed by atoms with van der Waals surface area (Å²) < 4.78 is 189. The van der Waals surface area contributed by atoms with E-state index in [2.05, 4.69) is 28.3 Å². The third-order valence-electron chi connectivity index (χ3n) is 13.9. The number of hydrogen-bond donors (Lipinski definition) is 12. The molecule has 1 heterocycles. The molecule has 0 unspecified atom stereocenters. The maximum atomic E-state index is 13.1. The standard InChI is InChI=1S/C21H26N2O10S2.C21H26N2O9S2.C17H18N2O7S2/c24-7-11-31-9-5-22-34(27,28)15-1-3-19-17(13-15)21(26)18-14-16(2-4-20(18)33-19)35(29,30)23-6-10-32-12-8-25;24-7-11-31-9-5-22-33(27,28)15-1-3-17-18-4-2-16(14-20(18)21(26)19(17)13-15)34(29,30)23-6-10-32-12-8-25;20-7-5-18-27(23,24)11-1-3-13-14-4-2-12(28(25,26)19-6-8-21)10-16(14)17(22)15(13)9-11/h1-4,13-14,22-25H,5-12H2;1-4,13-14,22-25H,5-12H2;1-4,9-10,18-21H,5-8H2. The number of rotatable bonds is 36. The van der Waals surface area contributed by atoms with Crippen molar-refractivity contribution in [3.63, 3.8) is 0 Å². The highest BCUT2D eigenvalue weighted by Gasteiger charge is 2.33. The number of nitrogens with one attached hydrogen (secondary N) is 6. The summed E-state index contributed by atoms with van der Waals surface area (Å²) in [6, 6.07) is 24.0. The van der Waals surface area contributed by atoms with Crippen molar-refractivity contribution in [2.24, 2.45) is 0 Å². The lowest BCUT2D eigenvalue weighted by atomic mass is 10.1. The Bertz CT molecular complexity index is 4480. The van der Waals surface area contributed by atoms with Crippen LogP contribution in [0.4, 0.5) is 0 Å².